The minimum absolute atomic E-state index is 0.0334. The predicted molar refractivity (Wildman–Crippen MR) is 132 cm³/mol. The van der Waals surface area contributed by atoms with Crippen LogP contribution in [-0.2, 0) is 11.3 Å². The fourth-order valence-electron chi connectivity index (χ4n) is 5.30. The van der Waals surface area contributed by atoms with E-state index in [9.17, 15) is 8.78 Å². The molecule has 2 aliphatic heterocycles. The summed E-state index contributed by atoms with van der Waals surface area (Å²) in [6.07, 6.45) is -2.12. The van der Waals surface area contributed by atoms with Crippen LogP contribution < -0.4 is 11.1 Å². The van der Waals surface area contributed by atoms with Crippen molar-refractivity contribution in [3.8, 4) is 11.3 Å². The van der Waals surface area contributed by atoms with Crippen LogP contribution in [0.25, 0.3) is 27.9 Å². The van der Waals surface area contributed by atoms with Crippen molar-refractivity contribution in [2.45, 2.75) is 51.0 Å². The van der Waals surface area contributed by atoms with E-state index in [2.05, 4.69) is 37.2 Å². The Balaban J connectivity index is 1.30. The predicted octanol–water partition coefficient (Wildman–Crippen LogP) is 3.05. The van der Waals surface area contributed by atoms with Crippen molar-refractivity contribution in [2.75, 3.05) is 37.4 Å². The number of hydrogen-bond acceptors (Lipinski definition) is 8. The number of nitrogen functional groups attached to an aromatic ring is 1. The Kier molecular flexibility index (Phi) is 5.90. The van der Waals surface area contributed by atoms with Crippen LogP contribution in [0.4, 0.5) is 29.3 Å². The molecule has 2 fully saturated rings. The molecular formula is C24H27F4N9O. The smallest absolute Gasteiger partial charge is 0.256 e. The number of hydrogen-bond donors (Lipinski definition) is 2. The van der Waals surface area contributed by atoms with Gasteiger partial charge in [-0.15, -0.1) is 5.10 Å². The molecule has 0 radical (unpaired) electrons. The summed E-state index contributed by atoms with van der Waals surface area (Å²) >= 11 is 0. The van der Waals surface area contributed by atoms with Crippen LogP contribution >= 0.6 is 0 Å². The number of halogens is 4. The van der Waals surface area contributed by atoms with Crippen LogP contribution in [-0.4, -0.2) is 84.5 Å². The van der Waals surface area contributed by atoms with Gasteiger partial charge >= 0.3 is 0 Å². The fraction of sp³-hybridized carbons (Fsp3) is 0.500. The average molecular weight is 534 g/mol. The average Bonchev–Trinajstić information content (AvgIpc) is 3.34. The molecule has 10 nitrogen and oxygen atoms in total. The zero-order valence-corrected chi connectivity index (χ0v) is 20.8. The van der Waals surface area contributed by atoms with Gasteiger partial charge in [0.05, 0.1) is 48.8 Å². The number of aryl methyl sites for hydroxylation is 1. The molecule has 0 aliphatic carbocycles. The number of ether oxygens (including phenoxy) is 1. The molecule has 202 valence electrons. The van der Waals surface area contributed by atoms with Gasteiger partial charge < -0.3 is 20.4 Å². The molecule has 38 heavy (non-hydrogen) atoms. The monoisotopic (exact) mass is 533 g/mol. The summed E-state index contributed by atoms with van der Waals surface area (Å²) in [5.41, 5.74) is 7.09. The van der Waals surface area contributed by atoms with Crippen LogP contribution in [0.5, 0.6) is 0 Å². The van der Waals surface area contributed by atoms with Gasteiger partial charge in [-0.1, -0.05) is 0 Å². The van der Waals surface area contributed by atoms with E-state index in [1.807, 2.05) is 0 Å². The number of piperidine rings is 1. The zero-order chi connectivity index (χ0) is 26.8. The van der Waals surface area contributed by atoms with Gasteiger partial charge in [0.1, 0.15) is 23.0 Å². The second kappa shape index (κ2) is 9.05. The quantitative estimate of drug-likeness (QED) is 0.364. The Morgan fingerprint density at radius 1 is 1.24 bits per heavy atom. The van der Waals surface area contributed by atoms with Crippen molar-refractivity contribution in [1.82, 2.24) is 34.0 Å². The summed E-state index contributed by atoms with van der Waals surface area (Å²) in [5, 5.41) is 7.34. The van der Waals surface area contributed by atoms with Crippen molar-refractivity contribution >= 4 is 28.4 Å². The summed E-state index contributed by atoms with van der Waals surface area (Å²) in [4.78, 5) is 15.1. The maximum atomic E-state index is 15.2. The number of likely N-dealkylation sites (tertiary alicyclic amines) is 1. The largest absolute Gasteiger partial charge is 0.382 e. The summed E-state index contributed by atoms with van der Waals surface area (Å²) in [5.74, 6) is -0.255. The van der Waals surface area contributed by atoms with E-state index in [1.54, 1.807) is 19.1 Å². The first-order valence-corrected chi connectivity index (χ1v) is 12.3. The third-order valence-corrected chi connectivity index (χ3v) is 7.42. The van der Waals surface area contributed by atoms with Gasteiger partial charge in [0.15, 0.2) is 17.3 Å². The molecule has 4 aromatic heterocycles. The van der Waals surface area contributed by atoms with Crippen LogP contribution in [0, 0.1) is 12.7 Å². The number of aromatic nitrogens is 6. The maximum absolute atomic E-state index is 15.2. The molecule has 0 amide bonds. The van der Waals surface area contributed by atoms with Gasteiger partial charge in [0.2, 0.25) is 5.95 Å². The van der Waals surface area contributed by atoms with E-state index >= 15 is 8.78 Å². The van der Waals surface area contributed by atoms with Crippen LogP contribution in [0.2, 0.25) is 0 Å². The topological polar surface area (TPSA) is 111 Å². The second-order valence-corrected chi connectivity index (χ2v) is 10.2. The van der Waals surface area contributed by atoms with Crippen LogP contribution in [0.1, 0.15) is 19.2 Å². The number of anilines is 2. The number of fused-ring (bicyclic) bond motifs is 2. The minimum atomic E-state index is -2.61. The van der Waals surface area contributed by atoms with E-state index in [-0.39, 0.29) is 46.3 Å². The Morgan fingerprint density at radius 3 is 2.71 bits per heavy atom. The molecule has 2 atom stereocenters. The molecule has 0 bridgehead atoms. The lowest BCUT2D eigenvalue weighted by molar-refractivity contribution is -0.142. The lowest BCUT2D eigenvalue weighted by Crippen LogP contribution is -2.64. The van der Waals surface area contributed by atoms with E-state index < -0.39 is 31.0 Å². The summed E-state index contributed by atoms with van der Waals surface area (Å²) < 4.78 is 64.3. The van der Waals surface area contributed by atoms with Crippen LogP contribution in [0.3, 0.4) is 0 Å². The highest BCUT2D eigenvalue weighted by molar-refractivity contribution is 5.89. The summed E-state index contributed by atoms with van der Waals surface area (Å²) in [6.45, 7) is 5.21. The zero-order valence-electron chi connectivity index (χ0n) is 20.8. The number of nitrogens with one attached hydrogen (secondary N) is 1. The molecule has 2 aliphatic rings. The lowest BCUT2D eigenvalue weighted by Gasteiger charge is -2.50. The number of imidazole rings is 1. The van der Waals surface area contributed by atoms with Crippen LogP contribution in [0.15, 0.2) is 18.3 Å². The first kappa shape index (κ1) is 24.8. The van der Waals surface area contributed by atoms with Gasteiger partial charge in [0.25, 0.3) is 6.43 Å². The number of alkyl halides is 3. The van der Waals surface area contributed by atoms with Crippen molar-refractivity contribution in [3.63, 3.8) is 0 Å². The standard InChI is InChI=1S/C24H27F4N9O/c1-12-30-17-4-3-16(31-22(17)36(12)9-18(27)28)19-14(26)8-37-20(19)21(29)33-23(34-37)32-15-5-6-35(7-13(15)25)24(2)10-38-11-24/h3-4,8,13,15,18H,5-7,9-11H2,1-2H3,(H3,29,32,33,34)/t13-,15+/m0/s1. The van der Waals surface area contributed by atoms with Crippen molar-refractivity contribution < 1.29 is 22.3 Å². The van der Waals surface area contributed by atoms with Gasteiger partial charge in [-0.05, 0) is 32.4 Å². The SMILES string of the molecule is Cc1nc2ccc(-c3c(F)cn4nc(N[C@@H]5CCN(C6(C)COC6)C[C@@H]5F)nc(N)c34)nc2n1CC(F)F. The Morgan fingerprint density at radius 2 is 2.03 bits per heavy atom. The van der Waals surface area contributed by atoms with Gasteiger partial charge in [0, 0.05) is 13.1 Å². The molecule has 2 saturated heterocycles. The molecule has 6 rings (SSSR count). The molecule has 4 aromatic rings. The van der Waals surface area contributed by atoms with Gasteiger partial charge in [-0.2, -0.15) is 4.98 Å². The molecule has 3 N–H and O–H groups in total. The van der Waals surface area contributed by atoms with Crippen molar-refractivity contribution in [3.05, 3.63) is 30.0 Å². The third kappa shape index (κ3) is 4.11. The Labute approximate surface area is 214 Å². The minimum Gasteiger partial charge on any atom is -0.382 e. The normalized spacial score (nSPS) is 21.9. The van der Waals surface area contributed by atoms with Gasteiger partial charge in [-0.25, -0.2) is 32.0 Å². The Hall–Kier alpha value is -3.52. The first-order valence-electron chi connectivity index (χ1n) is 12.3. The first-order chi connectivity index (χ1) is 18.1. The van der Waals surface area contributed by atoms with E-state index in [1.165, 1.54) is 9.08 Å². The van der Waals surface area contributed by atoms with E-state index in [4.69, 9.17) is 10.5 Å². The van der Waals surface area contributed by atoms with E-state index in [0.29, 0.717) is 37.5 Å². The van der Waals surface area contributed by atoms with Crippen molar-refractivity contribution in [2.24, 2.45) is 0 Å². The highest BCUT2D eigenvalue weighted by atomic mass is 19.3. The fourth-order valence-corrected chi connectivity index (χ4v) is 5.30. The second-order valence-electron chi connectivity index (χ2n) is 10.2. The van der Waals surface area contributed by atoms with Crippen molar-refractivity contribution in [1.29, 1.82) is 0 Å². The summed E-state index contributed by atoms with van der Waals surface area (Å²) in [7, 11) is 0. The maximum Gasteiger partial charge on any atom is 0.256 e. The van der Waals surface area contributed by atoms with Gasteiger partial charge in [-0.3, -0.25) is 4.90 Å². The number of pyridine rings is 1. The molecule has 0 spiro atoms. The number of nitrogens with zero attached hydrogens (tertiary/aromatic N) is 7. The molecule has 0 aromatic carbocycles. The molecule has 6 heterocycles. The highest BCUT2D eigenvalue weighted by Crippen LogP contribution is 2.33. The molecule has 0 unspecified atom stereocenters. The third-order valence-electron chi connectivity index (χ3n) is 7.42. The summed E-state index contributed by atoms with van der Waals surface area (Å²) in [6, 6.07) is 2.60. The lowest BCUT2D eigenvalue weighted by atomic mass is 9.92. The van der Waals surface area contributed by atoms with E-state index in [0.717, 1.165) is 6.20 Å². The highest BCUT2D eigenvalue weighted by Gasteiger charge is 2.43. The number of rotatable bonds is 6. The molecular weight excluding hydrogens is 506 g/mol. The molecule has 14 heteroatoms. The Bertz CT molecular complexity index is 1520. The molecule has 0 saturated carbocycles. The number of nitrogens with two attached hydrogens (primary N) is 1.